The van der Waals surface area contributed by atoms with Crippen molar-refractivity contribution in [2.45, 2.75) is 19.9 Å². The molecule has 3 rings (SSSR count). The molecule has 1 amide bonds. The minimum atomic E-state index is -0.709. The maximum absolute atomic E-state index is 12.4. The van der Waals surface area contributed by atoms with Crippen molar-refractivity contribution < 1.29 is 4.79 Å². The molecule has 0 aliphatic heterocycles. The molecule has 8 heteroatoms. The summed E-state index contributed by atoms with van der Waals surface area (Å²) < 4.78 is 1.37. The Hall–Kier alpha value is -2.57. The molecule has 1 heterocycles. The molecule has 1 aromatic heterocycles. The SMILES string of the molecule is CCn1c(=O)c(=O)[nH]c2cc(C(=O)NCCc3ccc(Cl)cc3Cl)ccc21. The average molecular weight is 406 g/mol. The molecule has 0 aliphatic rings. The van der Waals surface area contributed by atoms with Gasteiger partial charge in [-0.2, -0.15) is 0 Å². The van der Waals surface area contributed by atoms with E-state index >= 15 is 0 Å². The number of carbonyl (C=O) groups is 1. The number of hydrogen-bond acceptors (Lipinski definition) is 3. The van der Waals surface area contributed by atoms with Gasteiger partial charge >= 0.3 is 11.1 Å². The van der Waals surface area contributed by atoms with Gasteiger partial charge in [-0.05, 0) is 49.2 Å². The molecular weight excluding hydrogens is 389 g/mol. The first-order chi connectivity index (χ1) is 12.9. The predicted molar refractivity (Wildman–Crippen MR) is 107 cm³/mol. The highest BCUT2D eigenvalue weighted by Gasteiger charge is 2.11. The number of rotatable bonds is 5. The summed E-state index contributed by atoms with van der Waals surface area (Å²) >= 11 is 12.0. The van der Waals surface area contributed by atoms with Crippen LogP contribution in [0.4, 0.5) is 0 Å². The lowest BCUT2D eigenvalue weighted by Gasteiger charge is -2.10. The van der Waals surface area contributed by atoms with E-state index in [1.807, 2.05) is 6.07 Å². The Bertz CT molecular complexity index is 1140. The Kier molecular flexibility index (Phi) is 5.68. The van der Waals surface area contributed by atoms with Gasteiger partial charge in [-0.3, -0.25) is 14.4 Å². The fourth-order valence-electron chi connectivity index (χ4n) is 2.87. The highest BCUT2D eigenvalue weighted by Crippen LogP contribution is 2.21. The highest BCUT2D eigenvalue weighted by atomic mass is 35.5. The summed E-state index contributed by atoms with van der Waals surface area (Å²) in [5.41, 5.74) is 0.973. The summed E-state index contributed by atoms with van der Waals surface area (Å²) in [6.45, 7) is 2.54. The highest BCUT2D eigenvalue weighted by molar-refractivity contribution is 6.35. The van der Waals surface area contributed by atoms with Crippen molar-refractivity contribution in [3.8, 4) is 0 Å². The largest absolute Gasteiger partial charge is 0.352 e. The second-order valence-corrected chi connectivity index (χ2v) is 6.82. The molecule has 3 aromatic rings. The minimum Gasteiger partial charge on any atom is -0.352 e. The van der Waals surface area contributed by atoms with Crippen molar-refractivity contribution in [3.05, 3.63) is 78.3 Å². The molecule has 2 aromatic carbocycles. The van der Waals surface area contributed by atoms with Gasteiger partial charge in [0.2, 0.25) is 0 Å². The van der Waals surface area contributed by atoms with Crippen LogP contribution < -0.4 is 16.4 Å². The summed E-state index contributed by atoms with van der Waals surface area (Å²) in [5.74, 6) is -0.280. The molecule has 0 saturated carbocycles. The second-order valence-electron chi connectivity index (χ2n) is 5.98. The number of halogens is 2. The lowest BCUT2D eigenvalue weighted by atomic mass is 10.1. The quantitative estimate of drug-likeness (QED) is 0.639. The van der Waals surface area contributed by atoms with Gasteiger partial charge in [0, 0.05) is 28.7 Å². The molecular formula is C19H17Cl2N3O3. The first-order valence-electron chi connectivity index (χ1n) is 8.39. The van der Waals surface area contributed by atoms with Gasteiger partial charge in [-0.15, -0.1) is 0 Å². The molecule has 0 aliphatic carbocycles. The zero-order valence-electron chi connectivity index (χ0n) is 14.5. The van der Waals surface area contributed by atoms with Gasteiger partial charge in [0.25, 0.3) is 5.91 Å². The van der Waals surface area contributed by atoms with Crippen molar-refractivity contribution in [2.24, 2.45) is 0 Å². The van der Waals surface area contributed by atoms with Crippen LogP contribution >= 0.6 is 23.2 Å². The van der Waals surface area contributed by atoms with E-state index in [0.717, 1.165) is 5.56 Å². The smallest absolute Gasteiger partial charge is 0.316 e. The van der Waals surface area contributed by atoms with Gasteiger partial charge < -0.3 is 14.9 Å². The Morgan fingerprint density at radius 3 is 2.63 bits per heavy atom. The predicted octanol–water partition coefficient (Wildman–Crippen LogP) is 2.99. The number of hydrogen-bond donors (Lipinski definition) is 2. The van der Waals surface area contributed by atoms with Crippen LogP contribution in [0.25, 0.3) is 11.0 Å². The van der Waals surface area contributed by atoms with E-state index in [-0.39, 0.29) is 5.91 Å². The van der Waals surface area contributed by atoms with Crippen molar-refractivity contribution in [1.82, 2.24) is 14.9 Å². The fourth-order valence-corrected chi connectivity index (χ4v) is 3.37. The van der Waals surface area contributed by atoms with E-state index < -0.39 is 11.1 Å². The molecule has 2 N–H and O–H groups in total. The topological polar surface area (TPSA) is 84.0 Å². The number of carbonyl (C=O) groups excluding carboxylic acids is 1. The fraction of sp³-hybridized carbons (Fsp3) is 0.211. The molecule has 6 nitrogen and oxygen atoms in total. The number of nitrogens with one attached hydrogen (secondary N) is 2. The molecule has 0 saturated heterocycles. The Balaban J connectivity index is 1.77. The van der Waals surface area contributed by atoms with E-state index in [1.165, 1.54) is 4.57 Å². The molecule has 0 fully saturated rings. The number of aromatic amines is 1. The van der Waals surface area contributed by atoms with Crippen LogP contribution in [-0.2, 0) is 13.0 Å². The van der Waals surface area contributed by atoms with Crippen molar-refractivity contribution in [1.29, 1.82) is 0 Å². The number of fused-ring (bicyclic) bond motifs is 1. The zero-order chi connectivity index (χ0) is 19.6. The number of H-pyrrole nitrogens is 1. The molecule has 0 unspecified atom stereocenters. The molecule has 0 spiro atoms. The van der Waals surface area contributed by atoms with Gasteiger partial charge in [-0.1, -0.05) is 29.3 Å². The minimum absolute atomic E-state index is 0.280. The monoisotopic (exact) mass is 405 g/mol. The number of aromatic nitrogens is 2. The van der Waals surface area contributed by atoms with Gasteiger partial charge in [0.1, 0.15) is 0 Å². The zero-order valence-corrected chi connectivity index (χ0v) is 16.0. The lowest BCUT2D eigenvalue weighted by molar-refractivity contribution is 0.0954. The van der Waals surface area contributed by atoms with E-state index in [9.17, 15) is 14.4 Å². The summed E-state index contributed by atoms with van der Waals surface area (Å²) in [5, 5.41) is 3.93. The van der Waals surface area contributed by atoms with E-state index in [2.05, 4.69) is 10.3 Å². The maximum Gasteiger partial charge on any atom is 0.316 e. The number of nitrogens with zero attached hydrogens (tertiary/aromatic N) is 1. The summed E-state index contributed by atoms with van der Waals surface area (Å²) in [6.07, 6.45) is 0.557. The van der Waals surface area contributed by atoms with Crippen molar-refractivity contribution in [3.63, 3.8) is 0 Å². The van der Waals surface area contributed by atoms with Crippen LogP contribution in [0.1, 0.15) is 22.8 Å². The third-order valence-electron chi connectivity index (χ3n) is 4.25. The van der Waals surface area contributed by atoms with Crippen LogP contribution in [0.2, 0.25) is 10.0 Å². The summed E-state index contributed by atoms with van der Waals surface area (Å²) in [6, 6.07) is 10.1. The number of aryl methyl sites for hydroxylation is 1. The second kappa shape index (κ2) is 7.98. The normalized spacial score (nSPS) is 10.9. The van der Waals surface area contributed by atoms with Gasteiger partial charge in [0.15, 0.2) is 0 Å². The maximum atomic E-state index is 12.4. The van der Waals surface area contributed by atoms with E-state index in [1.54, 1.807) is 37.3 Å². The number of benzene rings is 2. The van der Waals surface area contributed by atoms with Crippen LogP contribution in [0.5, 0.6) is 0 Å². The Labute approximate surface area is 164 Å². The van der Waals surface area contributed by atoms with Crippen LogP contribution in [0, 0.1) is 0 Å². The first-order valence-corrected chi connectivity index (χ1v) is 9.15. The molecule has 140 valence electrons. The van der Waals surface area contributed by atoms with Crippen LogP contribution in [0.15, 0.2) is 46.0 Å². The summed E-state index contributed by atoms with van der Waals surface area (Å²) in [4.78, 5) is 38.6. The lowest BCUT2D eigenvalue weighted by Crippen LogP contribution is -2.36. The van der Waals surface area contributed by atoms with Gasteiger partial charge in [-0.25, -0.2) is 0 Å². The average Bonchev–Trinajstić information content (AvgIpc) is 2.64. The standard InChI is InChI=1S/C19H17Cl2N3O3/c1-2-24-16-6-4-12(9-15(16)23-18(26)19(24)27)17(25)22-8-7-11-3-5-13(20)10-14(11)21/h3-6,9-10H,2,7-8H2,1H3,(H,22,25)(H,23,26). The van der Waals surface area contributed by atoms with Crippen LogP contribution in [0.3, 0.4) is 0 Å². The van der Waals surface area contributed by atoms with Gasteiger partial charge in [0.05, 0.1) is 11.0 Å². The summed E-state index contributed by atoms with van der Waals surface area (Å²) in [7, 11) is 0. The van der Waals surface area contributed by atoms with E-state index in [0.29, 0.717) is 46.2 Å². The van der Waals surface area contributed by atoms with E-state index in [4.69, 9.17) is 23.2 Å². The third kappa shape index (κ3) is 4.07. The van der Waals surface area contributed by atoms with Crippen molar-refractivity contribution in [2.75, 3.05) is 6.54 Å². The molecule has 0 radical (unpaired) electrons. The molecule has 0 atom stereocenters. The van der Waals surface area contributed by atoms with Crippen LogP contribution in [-0.4, -0.2) is 22.0 Å². The van der Waals surface area contributed by atoms with Crippen molar-refractivity contribution >= 4 is 40.1 Å². The molecule has 27 heavy (non-hydrogen) atoms. The third-order valence-corrected chi connectivity index (χ3v) is 4.84. The first kappa shape index (κ1) is 19.2. The Morgan fingerprint density at radius 1 is 1.15 bits per heavy atom. The molecule has 0 bridgehead atoms. The Morgan fingerprint density at radius 2 is 1.93 bits per heavy atom. The number of amides is 1.